The molecule has 0 spiro atoms. The Morgan fingerprint density at radius 3 is 2.26 bits per heavy atom. The third-order valence-corrected chi connectivity index (χ3v) is 4.32. The summed E-state index contributed by atoms with van der Waals surface area (Å²) in [6.45, 7) is 8.38. The Morgan fingerprint density at radius 2 is 1.63 bits per heavy atom. The molecule has 2 N–H and O–H groups in total. The second-order valence-electron chi connectivity index (χ2n) is 6.68. The Balaban J connectivity index is 1.69. The summed E-state index contributed by atoms with van der Waals surface area (Å²) in [7, 11) is 0. The van der Waals surface area contributed by atoms with Gasteiger partial charge in [-0.15, -0.1) is 0 Å². The predicted molar refractivity (Wildman–Crippen MR) is 110 cm³/mol. The van der Waals surface area contributed by atoms with Crippen LogP contribution >= 0.6 is 0 Å². The van der Waals surface area contributed by atoms with Crippen LogP contribution in [0.4, 0.5) is 5.69 Å². The number of aryl methyl sites for hydroxylation is 2. The van der Waals surface area contributed by atoms with Gasteiger partial charge in [0.1, 0.15) is 0 Å². The molecular weight excluding hydrogens is 338 g/mol. The number of benzene rings is 2. The van der Waals surface area contributed by atoms with Crippen LogP contribution in [-0.4, -0.2) is 38.0 Å². The van der Waals surface area contributed by atoms with Crippen molar-refractivity contribution in [3.8, 4) is 0 Å². The molecule has 0 bridgehead atoms. The second-order valence-corrected chi connectivity index (χ2v) is 6.68. The standard InChI is InChI=1S/C22H29N3O2/c1-4-25(20-9-6-5-7-10-20)12-8-11-23-21(26)16-24-22(27)19-14-17(2)13-18(3)15-19/h5-7,9-10,13-15H,4,8,11-12,16H2,1-3H3,(H,23,26)(H,24,27). The number of hydrogen-bond acceptors (Lipinski definition) is 3. The summed E-state index contributed by atoms with van der Waals surface area (Å²) in [5.41, 5.74) is 3.83. The fourth-order valence-corrected chi connectivity index (χ4v) is 3.04. The number of amides is 2. The maximum absolute atomic E-state index is 12.2. The zero-order valence-corrected chi connectivity index (χ0v) is 16.4. The van der Waals surface area contributed by atoms with E-state index < -0.39 is 0 Å². The van der Waals surface area contributed by atoms with Crippen molar-refractivity contribution in [1.29, 1.82) is 0 Å². The molecule has 0 saturated heterocycles. The Labute approximate surface area is 161 Å². The van der Waals surface area contributed by atoms with E-state index in [1.807, 2.05) is 50.2 Å². The van der Waals surface area contributed by atoms with Crippen molar-refractivity contribution < 1.29 is 9.59 Å². The maximum atomic E-state index is 12.2. The average Bonchev–Trinajstić information content (AvgIpc) is 2.66. The zero-order valence-electron chi connectivity index (χ0n) is 16.4. The van der Waals surface area contributed by atoms with Gasteiger partial charge in [0.2, 0.25) is 5.91 Å². The number of hydrogen-bond donors (Lipinski definition) is 2. The van der Waals surface area contributed by atoms with Crippen LogP contribution in [-0.2, 0) is 4.79 Å². The highest BCUT2D eigenvalue weighted by molar-refractivity contribution is 5.96. The molecule has 0 radical (unpaired) electrons. The van der Waals surface area contributed by atoms with Crippen LogP contribution < -0.4 is 15.5 Å². The molecule has 0 heterocycles. The molecule has 2 amide bonds. The number of carbonyl (C=O) groups is 2. The number of para-hydroxylation sites is 1. The summed E-state index contributed by atoms with van der Waals surface area (Å²) in [5, 5.41) is 5.54. The van der Waals surface area contributed by atoms with Crippen LogP contribution in [0.2, 0.25) is 0 Å². The molecule has 0 aromatic heterocycles. The third kappa shape index (κ3) is 6.77. The molecule has 0 fully saturated rings. The van der Waals surface area contributed by atoms with Gasteiger partial charge in [0.25, 0.3) is 5.91 Å². The van der Waals surface area contributed by atoms with Crippen LogP contribution in [0, 0.1) is 13.8 Å². The minimum absolute atomic E-state index is 0.0119. The molecule has 0 unspecified atom stereocenters. The summed E-state index contributed by atoms with van der Waals surface area (Å²) in [6.07, 6.45) is 0.847. The quantitative estimate of drug-likeness (QED) is 0.670. The van der Waals surface area contributed by atoms with Gasteiger partial charge in [0, 0.05) is 30.9 Å². The Kier molecular flexibility index (Phi) is 7.86. The summed E-state index contributed by atoms with van der Waals surface area (Å²) < 4.78 is 0. The van der Waals surface area contributed by atoms with Crippen molar-refractivity contribution in [3.05, 3.63) is 65.2 Å². The van der Waals surface area contributed by atoms with Crippen LogP contribution in [0.3, 0.4) is 0 Å². The van der Waals surface area contributed by atoms with E-state index in [0.29, 0.717) is 12.1 Å². The van der Waals surface area contributed by atoms with Gasteiger partial charge in [-0.05, 0) is 51.5 Å². The molecule has 144 valence electrons. The molecule has 27 heavy (non-hydrogen) atoms. The summed E-state index contributed by atoms with van der Waals surface area (Å²) in [5.74, 6) is -0.395. The van der Waals surface area contributed by atoms with Gasteiger partial charge >= 0.3 is 0 Å². The van der Waals surface area contributed by atoms with Gasteiger partial charge in [-0.25, -0.2) is 0 Å². The van der Waals surface area contributed by atoms with Gasteiger partial charge in [-0.3, -0.25) is 9.59 Å². The van der Waals surface area contributed by atoms with E-state index in [4.69, 9.17) is 0 Å². The first-order valence-electron chi connectivity index (χ1n) is 9.42. The van der Waals surface area contributed by atoms with Crippen LogP contribution in [0.1, 0.15) is 34.8 Å². The monoisotopic (exact) mass is 367 g/mol. The Morgan fingerprint density at radius 1 is 0.963 bits per heavy atom. The van der Waals surface area contributed by atoms with Gasteiger partial charge < -0.3 is 15.5 Å². The lowest BCUT2D eigenvalue weighted by Crippen LogP contribution is -2.38. The smallest absolute Gasteiger partial charge is 0.251 e. The van der Waals surface area contributed by atoms with Gasteiger partial charge in [0.05, 0.1) is 6.54 Å². The Bertz CT molecular complexity index is 739. The number of nitrogens with one attached hydrogen (secondary N) is 2. The predicted octanol–water partition coefficient (Wildman–Crippen LogP) is 3.07. The fourth-order valence-electron chi connectivity index (χ4n) is 3.04. The molecule has 2 rings (SSSR count). The minimum atomic E-state index is -0.224. The maximum Gasteiger partial charge on any atom is 0.251 e. The molecule has 0 aliphatic carbocycles. The minimum Gasteiger partial charge on any atom is -0.372 e. The SMILES string of the molecule is CCN(CCCNC(=O)CNC(=O)c1cc(C)cc(C)c1)c1ccccc1. The highest BCUT2D eigenvalue weighted by atomic mass is 16.2. The largest absolute Gasteiger partial charge is 0.372 e. The highest BCUT2D eigenvalue weighted by Gasteiger charge is 2.09. The molecule has 0 aliphatic heterocycles. The van der Waals surface area contributed by atoms with Crippen molar-refractivity contribution >= 4 is 17.5 Å². The van der Waals surface area contributed by atoms with Crippen LogP contribution in [0.5, 0.6) is 0 Å². The second kappa shape index (κ2) is 10.4. The number of anilines is 1. The van der Waals surface area contributed by atoms with Crippen LogP contribution in [0.15, 0.2) is 48.5 Å². The van der Waals surface area contributed by atoms with Crippen LogP contribution in [0.25, 0.3) is 0 Å². The lowest BCUT2D eigenvalue weighted by atomic mass is 10.1. The topological polar surface area (TPSA) is 61.4 Å². The van der Waals surface area contributed by atoms with Crippen molar-refractivity contribution in [2.45, 2.75) is 27.2 Å². The fraction of sp³-hybridized carbons (Fsp3) is 0.364. The normalized spacial score (nSPS) is 10.3. The van der Waals surface area contributed by atoms with E-state index in [0.717, 1.165) is 30.6 Å². The summed E-state index contributed by atoms with van der Waals surface area (Å²) in [6, 6.07) is 15.9. The number of carbonyl (C=O) groups excluding carboxylic acids is 2. The highest BCUT2D eigenvalue weighted by Crippen LogP contribution is 2.12. The number of rotatable bonds is 9. The molecule has 5 heteroatoms. The summed E-state index contributed by atoms with van der Waals surface area (Å²) >= 11 is 0. The van der Waals surface area contributed by atoms with Crippen molar-refractivity contribution in [2.75, 3.05) is 31.1 Å². The first kappa shape index (κ1) is 20.5. The van der Waals surface area contributed by atoms with Crippen molar-refractivity contribution in [1.82, 2.24) is 10.6 Å². The van der Waals surface area contributed by atoms with E-state index in [2.05, 4.69) is 34.6 Å². The first-order valence-corrected chi connectivity index (χ1v) is 9.42. The first-order chi connectivity index (χ1) is 13.0. The molecular formula is C22H29N3O2. The third-order valence-electron chi connectivity index (χ3n) is 4.32. The van der Waals surface area contributed by atoms with E-state index >= 15 is 0 Å². The molecule has 5 nitrogen and oxygen atoms in total. The van der Waals surface area contributed by atoms with E-state index in [1.165, 1.54) is 5.69 Å². The van der Waals surface area contributed by atoms with Gasteiger partial charge in [0.15, 0.2) is 0 Å². The molecule has 2 aromatic carbocycles. The van der Waals surface area contributed by atoms with Gasteiger partial charge in [-0.2, -0.15) is 0 Å². The van der Waals surface area contributed by atoms with E-state index in [-0.39, 0.29) is 18.4 Å². The molecule has 2 aromatic rings. The zero-order chi connectivity index (χ0) is 19.6. The van der Waals surface area contributed by atoms with Crippen molar-refractivity contribution in [2.24, 2.45) is 0 Å². The van der Waals surface area contributed by atoms with E-state index in [9.17, 15) is 9.59 Å². The van der Waals surface area contributed by atoms with Gasteiger partial charge in [-0.1, -0.05) is 35.4 Å². The Hall–Kier alpha value is -2.82. The molecule has 0 aliphatic rings. The lowest BCUT2D eigenvalue weighted by Gasteiger charge is -2.23. The molecule has 0 saturated carbocycles. The van der Waals surface area contributed by atoms with E-state index in [1.54, 1.807) is 0 Å². The summed E-state index contributed by atoms with van der Waals surface area (Å²) in [4.78, 5) is 26.4. The lowest BCUT2D eigenvalue weighted by molar-refractivity contribution is -0.120. The van der Waals surface area contributed by atoms with Crippen molar-refractivity contribution in [3.63, 3.8) is 0 Å². The average molecular weight is 367 g/mol. The molecule has 0 atom stereocenters. The number of nitrogens with zero attached hydrogens (tertiary/aromatic N) is 1.